The SMILES string of the molecule is CC1(C)OC2[C@@H](O1)[C@@H](CO)O[C@H]2n1ncc(C(N)=O)c1NC(=S)NC(=O)c1ccccc1. The van der Waals surface area contributed by atoms with Crippen molar-refractivity contribution in [3.05, 3.63) is 47.7 Å². The number of primary amides is 1. The van der Waals surface area contributed by atoms with E-state index in [1.165, 1.54) is 10.9 Å². The lowest BCUT2D eigenvalue weighted by molar-refractivity contribution is -0.201. The monoisotopic (exact) mass is 461 g/mol. The summed E-state index contributed by atoms with van der Waals surface area (Å²) in [5.74, 6) is -1.96. The van der Waals surface area contributed by atoms with Crippen molar-refractivity contribution in [3.8, 4) is 0 Å². The lowest BCUT2D eigenvalue weighted by atomic mass is 10.1. The zero-order chi connectivity index (χ0) is 23.0. The Bertz CT molecular complexity index is 1040. The lowest BCUT2D eigenvalue weighted by Crippen LogP contribution is -2.36. The molecule has 2 fully saturated rings. The van der Waals surface area contributed by atoms with Crippen molar-refractivity contribution < 1.29 is 28.9 Å². The van der Waals surface area contributed by atoms with Gasteiger partial charge in [0.15, 0.2) is 17.1 Å². The van der Waals surface area contributed by atoms with Crippen LogP contribution in [-0.4, -0.2) is 62.5 Å². The number of aliphatic hydroxyl groups excluding tert-OH is 1. The summed E-state index contributed by atoms with van der Waals surface area (Å²) < 4.78 is 19.1. The van der Waals surface area contributed by atoms with Crippen LogP contribution in [0, 0.1) is 0 Å². The van der Waals surface area contributed by atoms with Gasteiger partial charge in [0, 0.05) is 5.56 Å². The molecule has 11 nitrogen and oxygen atoms in total. The molecular weight excluding hydrogens is 438 g/mol. The highest BCUT2D eigenvalue weighted by Gasteiger charge is 2.56. The molecule has 0 saturated carbocycles. The zero-order valence-corrected chi connectivity index (χ0v) is 18.2. The van der Waals surface area contributed by atoms with Gasteiger partial charge in [0.05, 0.1) is 12.8 Å². The maximum Gasteiger partial charge on any atom is 0.257 e. The molecule has 2 aromatic rings. The molecule has 4 atom stereocenters. The van der Waals surface area contributed by atoms with Crippen LogP contribution in [-0.2, 0) is 14.2 Å². The number of aliphatic hydroxyl groups is 1. The molecule has 3 heterocycles. The fraction of sp³-hybridized carbons (Fsp3) is 0.400. The lowest BCUT2D eigenvalue weighted by Gasteiger charge is -2.24. The Morgan fingerprint density at radius 1 is 1.25 bits per heavy atom. The van der Waals surface area contributed by atoms with E-state index >= 15 is 0 Å². The van der Waals surface area contributed by atoms with Crippen LogP contribution >= 0.6 is 12.2 Å². The number of rotatable bonds is 5. The second-order valence-corrected chi connectivity index (χ2v) is 8.21. The number of nitrogens with one attached hydrogen (secondary N) is 2. The van der Waals surface area contributed by atoms with E-state index in [1.807, 2.05) is 0 Å². The summed E-state index contributed by atoms with van der Waals surface area (Å²) in [6, 6.07) is 8.51. The number of thiocarbonyl (C=S) groups is 1. The first-order valence-corrected chi connectivity index (χ1v) is 10.3. The minimum Gasteiger partial charge on any atom is -0.394 e. The van der Waals surface area contributed by atoms with Crippen molar-refractivity contribution in [2.24, 2.45) is 5.73 Å². The summed E-state index contributed by atoms with van der Waals surface area (Å²) in [7, 11) is 0. The summed E-state index contributed by atoms with van der Waals surface area (Å²) in [5, 5.41) is 19.2. The predicted molar refractivity (Wildman–Crippen MR) is 116 cm³/mol. The number of hydrogen-bond acceptors (Lipinski definition) is 8. The summed E-state index contributed by atoms with van der Waals surface area (Å²) in [5.41, 5.74) is 5.94. The van der Waals surface area contributed by atoms with Gasteiger partial charge in [-0.25, -0.2) is 4.68 Å². The Hall–Kier alpha value is -2.90. The second-order valence-electron chi connectivity index (χ2n) is 7.80. The minimum absolute atomic E-state index is 0.0343. The third kappa shape index (κ3) is 4.23. The number of nitrogens with two attached hydrogens (primary N) is 1. The van der Waals surface area contributed by atoms with Crippen molar-refractivity contribution in [1.29, 1.82) is 0 Å². The van der Waals surface area contributed by atoms with Crippen molar-refractivity contribution in [2.45, 2.75) is 44.2 Å². The molecule has 0 spiro atoms. The maximum atomic E-state index is 12.4. The van der Waals surface area contributed by atoms with Crippen molar-refractivity contribution in [1.82, 2.24) is 15.1 Å². The largest absolute Gasteiger partial charge is 0.394 e. The minimum atomic E-state index is -0.892. The number of benzene rings is 1. The van der Waals surface area contributed by atoms with E-state index in [0.29, 0.717) is 5.56 Å². The van der Waals surface area contributed by atoms with E-state index in [4.69, 9.17) is 32.2 Å². The number of anilines is 1. The third-order valence-corrected chi connectivity index (χ3v) is 5.31. The van der Waals surface area contributed by atoms with Gasteiger partial charge in [-0.05, 0) is 38.2 Å². The Kier molecular flexibility index (Phi) is 5.97. The quantitative estimate of drug-likeness (QED) is 0.467. The second kappa shape index (κ2) is 8.56. The molecule has 5 N–H and O–H groups in total. The zero-order valence-electron chi connectivity index (χ0n) is 17.3. The number of carbonyl (C=O) groups is 2. The number of hydrogen-bond donors (Lipinski definition) is 4. The molecule has 1 aromatic heterocycles. The van der Waals surface area contributed by atoms with Crippen LogP contribution in [0.2, 0.25) is 0 Å². The highest BCUT2D eigenvalue weighted by molar-refractivity contribution is 7.80. The van der Waals surface area contributed by atoms with E-state index in [1.54, 1.807) is 44.2 Å². The fourth-order valence-electron chi connectivity index (χ4n) is 3.77. The molecule has 1 aromatic carbocycles. The smallest absolute Gasteiger partial charge is 0.257 e. The molecule has 170 valence electrons. The van der Waals surface area contributed by atoms with Crippen LogP contribution in [0.4, 0.5) is 5.82 Å². The van der Waals surface area contributed by atoms with Gasteiger partial charge in [0.2, 0.25) is 0 Å². The van der Waals surface area contributed by atoms with Crippen LogP contribution in [0.15, 0.2) is 36.5 Å². The number of nitrogens with zero attached hydrogens (tertiary/aromatic N) is 2. The first kappa shape index (κ1) is 22.3. The Balaban J connectivity index is 1.59. The highest BCUT2D eigenvalue weighted by atomic mass is 32.1. The Morgan fingerprint density at radius 3 is 2.59 bits per heavy atom. The van der Waals surface area contributed by atoms with Gasteiger partial charge >= 0.3 is 0 Å². The number of ether oxygens (including phenoxy) is 3. The first-order chi connectivity index (χ1) is 15.2. The van der Waals surface area contributed by atoms with Crippen molar-refractivity contribution >= 4 is 35.0 Å². The van der Waals surface area contributed by atoms with Gasteiger partial charge in [-0.3, -0.25) is 14.9 Å². The van der Waals surface area contributed by atoms with Gasteiger partial charge in [0.25, 0.3) is 11.8 Å². The summed E-state index contributed by atoms with van der Waals surface area (Å²) in [6.07, 6.45) is -1.40. The van der Waals surface area contributed by atoms with Crippen molar-refractivity contribution in [3.63, 3.8) is 0 Å². The van der Waals surface area contributed by atoms with Gasteiger partial charge in [-0.2, -0.15) is 5.10 Å². The van der Waals surface area contributed by atoms with Crippen LogP contribution in [0.25, 0.3) is 0 Å². The molecule has 1 unspecified atom stereocenters. The third-order valence-electron chi connectivity index (χ3n) is 5.10. The van der Waals surface area contributed by atoms with Crippen LogP contribution in [0.5, 0.6) is 0 Å². The molecule has 0 aliphatic carbocycles. The normalized spacial score (nSPS) is 25.8. The molecule has 2 aliphatic heterocycles. The number of aromatic nitrogens is 2. The summed E-state index contributed by atoms with van der Waals surface area (Å²) >= 11 is 5.26. The van der Waals surface area contributed by atoms with Gasteiger partial charge in [-0.1, -0.05) is 18.2 Å². The molecule has 4 rings (SSSR count). The molecule has 2 amide bonds. The highest BCUT2D eigenvalue weighted by Crippen LogP contribution is 2.43. The summed E-state index contributed by atoms with van der Waals surface area (Å²) in [4.78, 5) is 24.4. The van der Waals surface area contributed by atoms with Crippen LogP contribution in [0.3, 0.4) is 0 Å². The standard InChI is InChI=1S/C20H23N5O6S/c1-20(2)30-13-12(9-26)29-18(14(13)31-20)25-16(11(8-22-25)15(21)27)23-19(32)24-17(28)10-6-4-3-5-7-10/h3-8,12-14,18,26H,9H2,1-2H3,(H2,21,27)(H2,23,24,28,32)/t12-,13+,14?,18-/m1/s1. The Labute approximate surface area is 188 Å². The topological polar surface area (TPSA) is 150 Å². The van der Waals surface area contributed by atoms with Gasteiger partial charge < -0.3 is 30.4 Å². The van der Waals surface area contributed by atoms with E-state index in [2.05, 4.69) is 15.7 Å². The maximum absolute atomic E-state index is 12.4. The molecule has 12 heteroatoms. The fourth-order valence-corrected chi connectivity index (χ4v) is 3.96. The van der Waals surface area contributed by atoms with E-state index in [9.17, 15) is 14.7 Å². The van der Waals surface area contributed by atoms with Crippen molar-refractivity contribution in [2.75, 3.05) is 11.9 Å². The van der Waals surface area contributed by atoms with E-state index in [0.717, 1.165) is 0 Å². The number of amides is 2. The number of carbonyl (C=O) groups excluding carboxylic acids is 2. The van der Waals surface area contributed by atoms with E-state index < -0.39 is 42.1 Å². The molecule has 32 heavy (non-hydrogen) atoms. The van der Waals surface area contributed by atoms with Crippen LogP contribution < -0.4 is 16.4 Å². The van der Waals surface area contributed by atoms with Gasteiger partial charge in [0.1, 0.15) is 29.7 Å². The first-order valence-electron chi connectivity index (χ1n) is 9.87. The average molecular weight is 462 g/mol. The molecule has 0 radical (unpaired) electrons. The van der Waals surface area contributed by atoms with E-state index in [-0.39, 0.29) is 23.1 Å². The Morgan fingerprint density at radius 2 is 1.94 bits per heavy atom. The van der Waals surface area contributed by atoms with Gasteiger partial charge in [-0.15, -0.1) is 0 Å². The van der Waals surface area contributed by atoms with Crippen LogP contribution in [0.1, 0.15) is 40.8 Å². The number of fused-ring (bicyclic) bond motifs is 1. The molecule has 2 saturated heterocycles. The molecular formula is C20H23N5O6S. The molecule has 0 bridgehead atoms. The average Bonchev–Trinajstić information content (AvgIpc) is 3.39. The molecule has 2 aliphatic rings. The summed E-state index contributed by atoms with van der Waals surface area (Å²) in [6.45, 7) is 3.21. The predicted octanol–water partition coefficient (Wildman–Crippen LogP) is 0.519.